The molecule has 0 bridgehead atoms. The molecule has 2 fully saturated rings. The molecule has 0 radical (unpaired) electrons. The average Bonchev–Trinajstić information content (AvgIpc) is 3.01. The molecule has 0 aromatic carbocycles. The van der Waals surface area contributed by atoms with E-state index in [4.69, 9.17) is 4.74 Å². The van der Waals surface area contributed by atoms with Crippen LogP contribution in [0.2, 0.25) is 0 Å². The Kier molecular flexibility index (Phi) is 4.22. The molecule has 3 heteroatoms. The largest absolute Gasteiger partial charge is 0.380 e. The summed E-state index contributed by atoms with van der Waals surface area (Å²) in [5.41, 5.74) is 0. The zero-order chi connectivity index (χ0) is 11.5. The predicted molar refractivity (Wildman–Crippen MR) is 66.7 cm³/mol. The highest BCUT2D eigenvalue weighted by atomic mass is 16.5. The first-order chi connectivity index (χ1) is 7.72. The number of nitrogens with one attached hydrogen (secondary N) is 1. The zero-order valence-electron chi connectivity index (χ0n) is 10.9. The molecule has 1 saturated carbocycles. The van der Waals surface area contributed by atoms with Crippen molar-refractivity contribution in [3.63, 3.8) is 0 Å². The molecule has 1 N–H and O–H groups in total. The molecule has 2 aliphatic rings. The second-order valence-corrected chi connectivity index (χ2v) is 5.40. The number of ether oxygens (including phenoxy) is 1. The first-order valence-corrected chi connectivity index (χ1v) is 6.74. The van der Waals surface area contributed by atoms with Crippen LogP contribution in [0.25, 0.3) is 0 Å². The smallest absolute Gasteiger partial charge is 0.0695 e. The molecule has 2 rings (SSSR count). The van der Waals surface area contributed by atoms with E-state index in [2.05, 4.69) is 24.1 Å². The highest BCUT2D eigenvalue weighted by Gasteiger charge is 2.35. The molecule has 1 aliphatic heterocycles. The predicted octanol–water partition coefficient (Wildman–Crippen LogP) is 1.63. The lowest BCUT2D eigenvalue weighted by Crippen LogP contribution is -2.48. The maximum atomic E-state index is 5.47. The van der Waals surface area contributed by atoms with E-state index in [1.165, 1.54) is 38.8 Å². The summed E-state index contributed by atoms with van der Waals surface area (Å²) >= 11 is 0. The van der Waals surface area contributed by atoms with E-state index in [0.717, 1.165) is 6.04 Å². The van der Waals surface area contributed by atoms with Crippen molar-refractivity contribution in [1.82, 2.24) is 10.2 Å². The van der Waals surface area contributed by atoms with Crippen LogP contribution >= 0.6 is 0 Å². The Labute approximate surface area is 99.5 Å². The van der Waals surface area contributed by atoms with Crippen LogP contribution in [0, 0.1) is 0 Å². The van der Waals surface area contributed by atoms with Gasteiger partial charge in [0.25, 0.3) is 0 Å². The molecule has 1 aliphatic carbocycles. The van der Waals surface area contributed by atoms with E-state index in [-0.39, 0.29) is 0 Å². The third kappa shape index (κ3) is 2.96. The van der Waals surface area contributed by atoms with Crippen molar-refractivity contribution >= 4 is 0 Å². The van der Waals surface area contributed by atoms with Crippen LogP contribution in [0.4, 0.5) is 0 Å². The fourth-order valence-electron chi connectivity index (χ4n) is 2.69. The molecule has 16 heavy (non-hydrogen) atoms. The SMILES string of the molecule is COC(C)C(C)N(CC1CCCN1)C1CC1. The number of nitrogens with zero attached hydrogens (tertiary/aromatic N) is 1. The Balaban J connectivity index is 1.88. The minimum Gasteiger partial charge on any atom is -0.380 e. The third-order valence-corrected chi connectivity index (χ3v) is 4.18. The fraction of sp³-hybridized carbons (Fsp3) is 1.00. The second kappa shape index (κ2) is 5.48. The topological polar surface area (TPSA) is 24.5 Å². The van der Waals surface area contributed by atoms with E-state index in [0.29, 0.717) is 18.2 Å². The van der Waals surface area contributed by atoms with Crippen molar-refractivity contribution in [3.05, 3.63) is 0 Å². The molecular formula is C13H26N2O. The first kappa shape index (κ1) is 12.3. The first-order valence-electron chi connectivity index (χ1n) is 6.74. The van der Waals surface area contributed by atoms with Gasteiger partial charge in [0.05, 0.1) is 6.10 Å². The minimum absolute atomic E-state index is 0.335. The van der Waals surface area contributed by atoms with Gasteiger partial charge in [0.1, 0.15) is 0 Å². The summed E-state index contributed by atoms with van der Waals surface area (Å²) in [5.74, 6) is 0. The summed E-state index contributed by atoms with van der Waals surface area (Å²) in [5, 5.41) is 3.60. The van der Waals surface area contributed by atoms with E-state index in [9.17, 15) is 0 Å². The lowest BCUT2D eigenvalue weighted by atomic mass is 10.1. The maximum absolute atomic E-state index is 5.47. The molecule has 0 amide bonds. The molecule has 1 heterocycles. The van der Waals surface area contributed by atoms with Gasteiger partial charge >= 0.3 is 0 Å². The van der Waals surface area contributed by atoms with Gasteiger partial charge in [-0.1, -0.05) is 0 Å². The molecule has 0 spiro atoms. The van der Waals surface area contributed by atoms with Crippen LogP contribution in [0.5, 0.6) is 0 Å². The van der Waals surface area contributed by atoms with Gasteiger partial charge in [-0.25, -0.2) is 0 Å². The number of hydrogen-bond donors (Lipinski definition) is 1. The highest BCUT2D eigenvalue weighted by Crippen LogP contribution is 2.30. The normalized spacial score (nSPS) is 29.6. The van der Waals surface area contributed by atoms with Gasteiger partial charge < -0.3 is 10.1 Å². The summed E-state index contributed by atoms with van der Waals surface area (Å²) < 4.78 is 5.47. The Bertz CT molecular complexity index is 212. The monoisotopic (exact) mass is 226 g/mol. The highest BCUT2D eigenvalue weighted by molar-refractivity contribution is 4.92. The lowest BCUT2D eigenvalue weighted by molar-refractivity contribution is 0.0263. The number of methoxy groups -OCH3 is 1. The van der Waals surface area contributed by atoms with E-state index in [1.54, 1.807) is 0 Å². The number of rotatable bonds is 6. The summed E-state index contributed by atoms with van der Waals surface area (Å²) in [7, 11) is 1.82. The molecule has 0 aromatic rings. The van der Waals surface area contributed by atoms with Gasteiger partial charge in [-0.05, 0) is 46.1 Å². The second-order valence-electron chi connectivity index (χ2n) is 5.40. The Morgan fingerprint density at radius 2 is 2.06 bits per heavy atom. The van der Waals surface area contributed by atoms with Crippen LogP contribution in [0.3, 0.4) is 0 Å². The molecular weight excluding hydrogens is 200 g/mol. The molecule has 3 atom stereocenters. The fourth-order valence-corrected chi connectivity index (χ4v) is 2.69. The van der Waals surface area contributed by atoms with Gasteiger partial charge in [-0.3, -0.25) is 4.90 Å². The Morgan fingerprint density at radius 3 is 2.56 bits per heavy atom. The average molecular weight is 226 g/mol. The van der Waals surface area contributed by atoms with Crippen molar-refractivity contribution in [2.75, 3.05) is 20.2 Å². The van der Waals surface area contributed by atoms with Gasteiger partial charge in [-0.2, -0.15) is 0 Å². The quantitative estimate of drug-likeness (QED) is 0.745. The van der Waals surface area contributed by atoms with Gasteiger partial charge in [-0.15, -0.1) is 0 Å². The lowest BCUT2D eigenvalue weighted by Gasteiger charge is -2.34. The zero-order valence-corrected chi connectivity index (χ0v) is 10.9. The molecule has 94 valence electrons. The van der Waals surface area contributed by atoms with E-state index >= 15 is 0 Å². The number of hydrogen-bond acceptors (Lipinski definition) is 3. The summed E-state index contributed by atoms with van der Waals surface area (Å²) in [6.07, 6.45) is 5.79. The van der Waals surface area contributed by atoms with Crippen molar-refractivity contribution in [2.24, 2.45) is 0 Å². The third-order valence-electron chi connectivity index (χ3n) is 4.18. The van der Waals surface area contributed by atoms with Crippen molar-refractivity contribution in [3.8, 4) is 0 Å². The minimum atomic E-state index is 0.335. The molecule has 1 saturated heterocycles. The van der Waals surface area contributed by atoms with Crippen LogP contribution in [-0.2, 0) is 4.74 Å². The molecule has 0 aromatic heterocycles. The van der Waals surface area contributed by atoms with Gasteiger partial charge in [0.2, 0.25) is 0 Å². The van der Waals surface area contributed by atoms with Crippen molar-refractivity contribution in [2.45, 2.75) is 63.8 Å². The van der Waals surface area contributed by atoms with E-state index < -0.39 is 0 Å². The molecule has 3 unspecified atom stereocenters. The summed E-state index contributed by atoms with van der Waals surface area (Å²) in [4.78, 5) is 2.66. The van der Waals surface area contributed by atoms with Crippen LogP contribution in [-0.4, -0.2) is 49.3 Å². The summed E-state index contributed by atoms with van der Waals surface area (Å²) in [6, 6.07) is 2.09. The van der Waals surface area contributed by atoms with Gasteiger partial charge in [0, 0.05) is 31.8 Å². The van der Waals surface area contributed by atoms with Gasteiger partial charge in [0.15, 0.2) is 0 Å². The van der Waals surface area contributed by atoms with Crippen LogP contribution in [0.15, 0.2) is 0 Å². The maximum Gasteiger partial charge on any atom is 0.0695 e. The Hall–Kier alpha value is -0.120. The van der Waals surface area contributed by atoms with Crippen LogP contribution < -0.4 is 5.32 Å². The molecule has 3 nitrogen and oxygen atoms in total. The standard InChI is InChI=1S/C13H26N2O/c1-10(11(2)16-3)15(13-6-7-13)9-12-5-4-8-14-12/h10-14H,4-9H2,1-3H3. The van der Waals surface area contributed by atoms with E-state index in [1.807, 2.05) is 7.11 Å². The van der Waals surface area contributed by atoms with Crippen molar-refractivity contribution in [1.29, 1.82) is 0 Å². The van der Waals surface area contributed by atoms with Crippen LogP contribution in [0.1, 0.15) is 39.5 Å². The van der Waals surface area contributed by atoms with Crippen molar-refractivity contribution < 1.29 is 4.74 Å². The Morgan fingerprint density at radius 1 is 1.31 bits per heavy atom. The summed E-state index contributed by atoms with van der Waals surface area (Å²) in [6.45, 7) is 6.90.